The Kier molecular flexibility index (Phi) is 0.970. The van der Waals surface area contributed by atoms with Crippen LogP contribution in [-0.4, -0.2) is 12.7 Å². The second-order valence-electron chi connectivity index (χ2n) is 1.57. The van der Waals surface area contributed by atoms with Crippen LogP contribution in [0, 0.1) is 0 Å². The Hall–Kier alpha value is -1.72. The number of hydrogen-bond acceptors (Lipinski definition) is 6. The van der Waals surface area contributed by atoms with Crippen molar-refractivity contribution in [3.05, 3.63) is 11.6 Å². The summed E-state index contributed by atoms with van der Waals surface area (Å²) in [4.78, 5) is 7.54. The van der Waals surface area contributed by atoms with Crippen molar-refractivity contribution < 1.29 is 0 Å². The van der Waals surface area contributed by atoms with Gasteiger partial charge >= 0.3 is 0 Å². The summed E-state index contributed by atoms with van der Waals surface area (Å²) >= 11 is 0. The summed E-state index contributed by atoms with van der Waals surface area (Å²) < 4.78 is 0. The van der Waals surface area contributed by atoms with Crippen molar-refractivity contribution >= 4 is 12.7 Å². The van der Waals surface area contributed by atoms with Crippen molar-refractivity contribution in [3.63, 3.8) is 0 Å². The molecule has 2 rings (SSSR count). The molecule has 0 amide bonds. The van der Waals surface area contributed by atoms with Crippen LogP contribution in [0.1, 0.15) is 0 Å². The van der Waals surface area contributed by atoms with Gasteiger partial charge in [-0.25, -0.2) is 9.98 Å². The van der Waals surface area contributed by atoms with Crippen LogP contribution in [0.25, 0.3) is 0 Å². The molecule has 48 valence electrons. The SMILES string of the molecule is C1=N/C(=C2\N=CN=N2)N=N1. The van der Waals surface area contributed by atoms with Gasteiger partial charge in [-0.2, -0.15) is 0 Å². The molecule has 2 heterocycles. The van der Waals surface area contributed by atoms with Gasteiger partial charge in [-0.1, -0.05) is 0 Å². The van der Waals surface area contributed by atoms with E-state index in [1.807, 2.05) is 0 Å². The summed E-state index contributed by atoms with van der Waals surface area (Å²) in [5.74, 6) is 0.829. The highest BCUT2D eigenvalue weighted by atomic mass is 15.3. The summed E-state index contributed by atoms with van der Waals surface area (Å²) in [5, 5.41) is 14.3. The molecule has 0 aromatic rings. The van der Waals surface area contributed by atoms with Crippen molar-refractivity contribution in [3.8, 4) is 0 Å². The van der Waals surface area contributed by atoms with Gasteiger partial charge in [0.1, 0.15) is 12.7 Å². The van der Waals surface area contributed by atoms with Crippen LogP contribution in [0.2, 0.25) is 0 Å². The largest absolute Gasteiger partial charge is 0.223 e. The molecule has 0 saturated heterocycles. The molecule has 0 aromatic heterocycles. The van der Waals surface area contributed by atoms with E-state index in [1.165, 1.54) is 12.7 Å². The molecule has 0 aliphatic carbocycles. The first kappa shape index (κ1) is 5.10. The minimum absolute atomic E-state index is 0.414. The molecule has 10 heavy (non-hydrogen) atoms. The molecule has 0 N–H and O–H groups in total. The fourth-order valence-electron chi connectivity index (χ4n) is 0.579. The first-order valence-electron chi connectivity index (χ1n) is 2.58. The summed E-state index contributed by atoms with van der Waals surface area (Å²) in [6, 6.07) is 0. The van der Waals surface area contributed by atoms with Crippen LogP contribution in [-0.2, 0) is 0 Å². The van der Waals surface area contributed by atoms with Gasteiger partial charge in [0.2, 0.25) is 11.6 Å². The van der Waals surface area contributed by atoms with Gasteiger partial charge in [-0.15, -0.1) is 20.5 Å². The molecular formula is C4H2N6. The first-order chi connectivity index (χ1) is 4.97. The van der Waals surface area contributed by atoms with Crippen molar-refractivity contribution in [2.75, 3.05) is 0 Å². The number of azo groups is 2. The highest BCUT2D eigenvalue weighted by Gasteiger charge is 2.07. The van der Waals surface area contributed by atoms with Crippen LogP contribution in [0.15, 0.2) is 42.1 Å². The van der Waals surface area contributed by atoms with E-state index in [0.29, 0.717) is 11.6 Å². The van der Waals surface area contributed by atoms with E-state index in [-0.39, 0.29) is 0 Å². The molecule has 0 bridgehead atoms. The number of hydrogen-bond donors (Lipinski definition) is 0. The normalized spacial score (nSPS) is 27.2. The molecule has 0 spiro atoms. The lowest BCUT2D eigenvalue weighted by Crippen LogP contribution is -1.72. The molecule has 0 atom stereocenters. The fourth-order valence-corrected chi connectivity index (χ4v) is 0.579. The standard InChI is InChI=1S/C4H2N6/c1-5-3(9-7-1)4-6-2-8-10-4/h1-2H/b4-3-. The molecule has 6 nitrogen and oxygen atoms in total. The lowest BCUT2D eigenvalue weighted by molar-refractivity contribution is 1.07. The molecule has 6 heteroatoms. The van der Waals surface area contributed by atoms with Crippen LogP contribution < -0.4 is 0 Å². The average Bonchev–Trinajstić information content (AvgIpc) is 2.59. The average molecular weight is 134 g/mol. The van der Waals surface area contributed by atoms with Crippen molar-refractivity contribution in [1.82, 2.24) is 0 Å². The Balaban J connectivity index is 2.46. The molecule has 0 radical (unpaired) electrons. The highest BCUT2D eigenvalue weighted by Crippen LogP contribution is 2.16. The Morgan fingerprint density at radius 3 is 1.60 bits per heavy atom. The third-order valence-electron chi connectivity index (χ3n) is 0.968. The number of rotatable bonds is 0. The van der Waals surface area contributed by atoms with E-state index in [2.05, 4.69) is 30.4 Å². The lowest BCUT2D eigenvalue weighted by Gasteiger charge is -1.83. The van der Waals surface area contributed by atoms with E-state index < -0.39 is 0 Å². The number of nitrogens with zero attached hydrogens (tertiary/aromatic N) is 6. The van der Waals surface area contributed by atoms with Gasteiger partial charge in [0.15, 0.2) is 0 Å². The minimum Gasteiger partial charge on any atom is -0.210 e. The Morgan fingerprint density at radius 2 is 1.30 bits per heavy atom. The van der Waals surface area contributed by atoms with E-state index in [1.54, 1.807) is 0 Å². The molecule has 0 saturated carbocycles. The van der Waals surface area contributed by atoms with Gasteiger partial charge in [0.25, 0.3) is 0 Å². The predicted molar refractivity (Wildman–Crippen MR) is 33.7 cm³/mol. The van der Waals surface area contributed by atoms with Crippen molar-refractivity contribution in [2.45, 2.75) is 0 Å². The van der Waals surface area contributed by atoms with Crippen molar-refractivity contribution in [1.29, 1.82) is 0 Å². The molecule has 0 unspecified atom stereocenters. The zero-order valence-electron chi connectivity index (χ0n) is 4.84. The maximum Gasteiger partial charge on any atom is 0.223 e. The van der Waals surface area contributed by atoms with E-state index >= 15 is 0 Å². The van der Waals surface area contributed by atoms with E-state index in [4.69, 9.17) is 0 Å². The lowest BCUT2D eigenvalue weighted by atomic mass is 10.7. The second-order valence-corrected chi connectivity index (χ2v) is 1.57. The van der Waals surface area contributed by atoms with Gasteiger partial charge in [-0.3, -0.25) is 0 Å². The van der Waals surface area contributed by atoms with Crippen LogP contribution in [0.4, 0.5) is 0 Å². The molecule has 2 aliphatic heterocycles. The molecule has 0 fully saturated rings. The molecule has 0 aromatic carbocycles. The molecular weight excluding hydrogens is 132 g/mol. The second kappa shape index (κ2) is 1.90. The van der Waals surface area contributed by atoms with E-state index in [0.717, 1.165) is 0 Å². The van der Waals surface area contributed by atoms with E-state index in [9.17, 15) is 0 Å². The van der Waals surface area contributed by atoms with Gasteiger partial charge in [0.05, 0.1) is 0 Å². The van der Waals surface area contributed by atoms with Gasteiger partial charge < -0.3 is 0 Å². The minimum atomic E-state index is 0.414. The van der Waals surface area contributed by atoms with Gasteiger partial charge in [0, 0.05) is 0 Å². The van der Waals surface area contributed by atoms with Crippen LogP contribution in [0.5, 0.6) is 0 Å². The monoisotopic (exact) mass is 134 g/mol. The van der Waals surface area contributed by atoms with Crippen LogP contribution >= 0.6 is 0 Å². The quantitative estimate of drug-likeness (QED) is 0.475. The summed E-state index contributed by atoms with van der Waals surface area (Å²) in [7, 11) is 0. The van der Waals surface area contributed by atoms with Crippen LogP contribution in [0.3, 0.4) is 0 Å². The Bertz CT molecular complexity index is 235. The Morgan fingerprint density at radius 1 is 0.800 bits per heavy atom. The van der Waals surface area contributed by atoms with Gasteiger partial charge in [-0.05, 0) is 0 Å². The van der Waals surface area contributed by atoms with Crippen molar-refractivity contribution in [2.24, 2.45) is 30.4 Å². The molecule has 2 aliphatic rings. The fraction of sp³-hybridized carbons (Fsp3) is 0. The zero-order chi connectivity index (χ0) is 6.81. The zero-order valence-corrected chi connectivity index (χ0v) is 4.84. The predicted octanol–water partition coefficient (Wildman–Crippen LogP) is 1.10. The number of aliphatic imine (C=N–C) groups is 2. The third-order valence-corrected chi connectivity index (χ3v) is 0.968. The smallest absolute Gasteiger partial charge is 0.210 e. The Labute approximate surface area is 55.8 Å². The first-order valence-corrected chi connectivity index (χ1v) is 2.58. The maximum atomic E-state index is 3.77. The summed E-state index contributed by atoms with van der Waals surface area (Å²) in [5.41, 5.74) is 0. The highest BCUT2D eigenvalue weighted by molar-refractivity contribution is 5.62. The summed E-state index contributed by atoms with van der Waals surface area (Å²) in [6.45, 7) is 0. The third kappa shape index (κ3) is 0.661. The maximum absolute atomic E-state index is 3.77. The topological polar surface area (TPSA) is 74.2 Å². The summed E-state index contributed by atoms with van der Waals surface area (Å²) in [6.07, 6.45) is 2.68.